The van der Waals surface area contributed by atoms with Gasteiger partial charge in [-0.15, -0.1) is 0 Å². The highest BCUT2D eigenvalue weighted by molar-refractivity contribution is 5.95. The van der Waals surface area contributed by atoms with E-state index >= 15 is 0 Å². The molecule has 1 aromatic carbocycles. The summed E-state index contributed by atoms with van der Waals surface area (Å²) < 4.78 is 0. The molecular formula is C20H26N4O3. The molecule has 2 aliphatic rings. The number of carboxylic acids is 1. The Labute approximate surface area is 159 Å². The first-order valence-electron chi connectivity index (χ1n) is 9.34. The molecule has 1 amide bonds. The van der Waals surface area contributed by atoms with E-state index in [2.05, 4.69) is 4.90 Å². The van der Waals surface area contributed by atoms with Crippen molar-refractivity contribution in [3.63, 3.8) is 0 Å². The molecule has 0 unspecified atom stereocenters. The number of carboxylic acid groups (broad SMARTS) is 1. The van der Waals surface area contributed by atoms with Gasteiger partial charge >= 0.3 is 5.97 Å². The van der Waals surface area contributed by atoms with E-state index in [1.54, 1.807) is 0 Å². The van der Waals surface area contributed by atoms with Crippen LogP contribution in [-0.2, 0) is 9.59 Å². The maximum absolute atomic E-state index is 12.8. The third-order valence-electron chi connectivity index (χ3n) is 5.43. The number of amidine groups is 1. The average Bonchev–Trinajstić information content (AvgIpc) is 2.68. The predicted octanol–water partition coefficient (Wildman–Crippen LogP) is 1.82. The van der Waals surface area contributed by atoms with Crippen LogP contribution in [0.2, 0.25) is 0 Å². The number of nitrogens with one attached hydrogen (secondary N) is 1. The van der Waals surface area contributed by atoms with E-state index in [1.807, 2.05) is 29.2 Å². The molecule has 7 heteroatoms. The summed E-state index contributed by atoms with van der Waals surface area (Å²) in [6, 6.07) is 7.65. The van der Waals surface area contributed by atoms with Crippen LogP contribution in [-0.4, -0.2) is 53.9 Å². The van der Waals surface area contributed by atoms with E-state index in [4.69, 9.17) is 16.2 Å². The first-order valence-corrected chi connectivity index (χ1v) is 9.34. The largest absolute Gasteiger partial charge is 0.478 e. The highest BCUT2D eigenvalue weighted by atomic mass is 16.4. The Balaban J connectivity index is 1.51. The molecular weight excluding hydrogens is 344 g/mol. The minimum absolute atomic E-state index is 0.0442. The van der Waals surface area contributed by atoms with Crippen LogP contribution in [0.15, 0.2) is 35.9 Å². The number of likely N-dealkylation sites (tertiary alicyclic amines) is 1. The molecule has 2 heterocycles. The van der Waals surface area contributed by atoms with E-state index in [9.17, 15) is 9.59 Å². The zero-order chi connectivity index (χ0) is 19.4. The maximum atomic E-state index is 12.8. The molecule has 7 nitrogen and oxygen atoms in total. The van der Waals surface area contributed by atoms with E-state index in [0.29, 0.717) is 31.5 Å². The quantitative estimate of drug-likeness (QED) is 0.425. The zero-order valence-electron chi connectivity index (χ0n) is 15.4. The lowest BCUT2D eigenvalue weighted by molar-refractivity contribution is -0.136. The molecule has 2 saturated heterocycles. The predicted molar refractivity (Wildman–Crippen MR) is 104 cm³/mol. The van der Waals surface area contributed by atoms with Gasteiger partial charge in [0.25, 0.3) is 0 Å². The Morgan fingerprint density at radius 1 is 1.07 bits per heavy atom. The van der Waals surface area contributed by atoms with Gasteiger partial charge in [0.1, 0.15) is 5.84 Å². The summed E-state index contributed by atoms with van der Waals surface area (Å²) in [6.45, 7) is 2.89. The van der Waals surface area contributed by atoms with Gasteiger partial charge in [-0.1, -0.05) is 5.57 Å². The highest BCUT2D eigenvalue weighted by Gasteiger charge is 2.30. The summed E-state index contributed by atoms with van der Waals surface area (Å²) in [5, 5.41) is 16.3. The average molecular weight is 370 g/mol. The van der Waals surface area contributed by atoms with Crippen molar-refractivity contribution in [2.75, 3.05) is 31.1 Å². The third kappa shape index (κ3) is 4.67. The SMILES string of the molecule is N=C(N)c1ccc(N2CCC(C(=O)N3CCC(=CC(=O)O)CC3)CC2)cc1. The van der Waals surface area contributed by atoms with Crippen molar-refractivity contribution in [2.24, 2.45) is 11.7 Å². The van der Waals surface area contributed by atoms with Crippen molar-refractivity contribution in [1.82, 2.24) is 4.90 Å². The number of nitrogens with two attached hydrogens (primary N) is 1. The minimum atomic E-state index is -0.909. The van der Waals surface area contributed by atoms with Crippen LogP contribution in [0.4, 0.5) is 5.69 Å². The normalized spacial score (nSPS) is 18.3. The van der Waals surface area contributed by atoms with E-state index < -0.39 is 5.97 Å². The number of carbonyl (C=O) groups is 2. The fourth-order valence-corrected chi connectivity index (χ4v) is 3.83. The highest BCUT2D eigenvalue weighted by Crippen LogP contribution is 2.26. The van der Waals surface area contributed by atoms with Gasteiger partial charge in [-0.3, -0.25) is 10.2 Å². The molecule has 1 aromatic rings. The monoisotopic (exact) mass is 370 g/mol. The van der Waals surface area contributed by atoms with Crippen molar-refractivity contribution in [1.29, 1.82) is 5.41 Å². The van der Waals surface area contributed by atoms with Crippen molar-refractivity contribution < 1.29 is 14.7 Å². The second-order valence-corrected chi connectivity index (χ2v) is 7.19. The maximum Gasteiger partial charge on any atom is 0.328 e. The second-order valence-electron chi connectivity index (χ2n) is 7.19. The van der Waals surface area contributed by atoms with Crippen molar-refractivity contribution in [3.05, 3.63) is 41.5 Å². The summed E-state index contributed by atoms with van der Waals surface area (Å²) in [5.41, 5.74) is 8.21. The number of piperidine rings is 2. The first kappa shape index (κ1) is 18.9. The Morgan fingerprint density at radius 2 is 1.67 bits per heavy atom. The van der Waals surface area contributed by atoms with Gasteiger partial charge in [0, 0.05) is 49.4 Å². The Hall–Kier alpha value is -2.83. The van der Waals surface area contributed by atoms with Crippen molar-refractivity contribution in [3.8, 4) is 0 Å². The zero-order valence-corrected chi connectivity index (χ0v) is 15.4. The molecule has 27 heavy (non-hydrogen) atoms. The van der Waals surface area contributed by atoms with Crippen LogP contribution in [0.1, 0.15) is 31.2 Å². The lowest BCUT2D eigenvalue weighted by atomic mass is 9.93. The van der Waals surface area contributed by atoms with E-state index in [-0.39, 0.29) is 17.7 Å². The van der Waals surface area contributed by atoms with Gasteiger partial charge in [0.15, 0.2) is 0 Å². The number of amides is 1. The van der Waals surface area contributed by atoms with E-state index in [1.165, 1.54) is 6.08 Å². The Kier molecular flexibility index (Phi) is 5.78. The molecule has 0 aromatic heterocycles. The van der Waals surface area contributed by atoms with Gasteiger partial charge in [0.2, 0.25) is 5.91 Å². The molecule has 0 aliphatic carbocycles. The van der Waals surface area contributed by atoms with Crippen LogP contribution < -0.4 is 10.6 Å². The van der Waals surface area contributed by atoms with Gasteiger partial charge < -0.3 is 20.6 Å². The molecule has 0 spiro atoms. The lowest BCUT2D eigenvalue weighted by Gasteiger charge is -2.37. The number of carbonyl (C=O) groups excluding carboxylic acids is 1. The molecule has 4 N–H and O–H groups in total. The van der Waals surface area contributed by atoms with Crippen molar-refractivity contribution >= 4 is 23.4 Å². The molecule has 0 radical (unpaired) electrons. The number of nitrogen functional groups attached to an aromatic ring is 1. The second kappa shape index (κ2) is 8.24. The number of rotatable bonds is 4. The van der Waals surface area contributed by atoms with E-state index in [0.717, 1.165) is 37.2 Å². The molecule has 144 valence electrons. The van der Waals surface area contributed by atoms with Crippen LogP contribution >= 0.6 is 0 Å². The van der Waals surface area contributed by atoms with Gasteiger partial charge in [-0.2, -0.15) is 0 Å². The third-order valence-corrected chi connectivity index (χ3v) is 5.43. The number of benzene rings is 1. The van der Waals surface area contributed by atoms with Crippen LogP contribution in [0.25, 0.3) is 0 Å². The topological polar surface area (TPSA) is 111 Å². The first-order chi connectivity index (χ1) is 12.9. The number of nitrogens with zero attached hydrogens (tertiary/aromatic N) is 2. The Bertz CT molecular complexity index is 739. The standard InChI is InChI=1S/C20H26N4O3/c21-19(22)15-1-3-17(4-2-15)23-11-7-16(8-12-23)20(27)24-9-5-14(6-10-24)13-18(25)26/h1-4,13,16H,5-12H2,(H3,21,22)(H,25,26). The van der Waals surface area contributed by atoms with Gasteiger partial charge in [-0.25, -0.2) is 4.79 Å². The summed E-state index contributed by atoms with van der Waals surface area (Å²) in [6.07, 6.45) is 4.22. The molecule has 2 fully saturated rings. The molecule has 3 rings (SSSR count). The number of hydrogen-bond acceptors (Lipinski definition) is 4. The van der Waals surface area contributed by atoms with Gasteiger partial charge in [-0.05, 0) is 49.9 Å². The smallest absolute Gasteiger partial charge is 0.328 e. The fourth-order valence-electron chi connectivity index (χ4n) is 3.83. The number of anilines is 1. The number of aliphatic carboxylic acids is 1. The fraction of sp³-hybridized carbons (Fsp3) is 0.450. The summed E-state index contributed by atoms with van der Waals surface area (Å²) in [5.74, 6) is -0.596. The molecule has 0 bridgehead atoms. The van der Waals surface area contributed by atoms with Crippen LogP contribution in [0, 0.1) is 11.3 Å². The van der Waals surface area contributed by atoms with Crippen LogP contribution in [0.3, 0.4) is 0 Å². The lowest BCUT2D eigenvalue weighted by Crippen LogP contribution is -2.44. The summed E-state index contributed by atoms with van der Waals surface area (Å²) >= 11 is 0. The summed E-state index contributed by atoms with van der Waals surface area (Å²) in [7, 11) is 0. The van der Waals surface area contributed by atoms with Crippen LogP contribution in [0.5, 0.6) is 0 Å². The molecule has 2 aliphatic heterocycles. The van der Waals surface area contributed by atoms with Gasteiger partial charge in [0.05, 0.1) is 0 Å². The Morgan fingerprint density at radius 3 is 2.19 bits per heavy atom. The summed E-state index contributed by atoms with van der Waals surface area (Å²) in [4.78, 5) is 27.7. The minimum Gasteiger partial charge on any atom is -0.478 e. The van der Waals surface area contributed by atoms with Crippen molar-refractivity contribution in [2.45, 2.75) is 25.7 Å². The molecule has 0 saturated carbocycles. The number of hydrogen-bond donors (Lipinski definition) is 3. The molecule has 0 atom stereocenters.